The van der Waals surface area contributed by atoms with E-state index in [9.17, 15) is 4.79 Å². The summed E-state index contributed by atoms with van der Waals surface area (Å²) in [6, 6.07) is 18.3. The van der Waals surface area contributed by atoms with Crippen LogP contribution in [0.15, 0.2) is 59.8 Å². The number of anilines is 1. The van der Waals surface area contributed by atoms with Crippen molar-refractivity contribution < 1.29 is 14.4 Å². The van der Waals surface area contributed by atoms with Gasteiger partial charge in [-0.25, -0.2) is 4.79 Å². The molecule has 2 fully saturated rings. The van der Waals surface area contributed by atoms with Crippen molar-refractivity contribution in [2.45, 2.75) is 31.3 Å². The Morgan fingerprint density at radius 1 is 1.06 bits per heavy atom. The van der Waals surface area contributed by atoms with Gasteiger partial charge in [0.25, 0.3) is 0 Å². The normalized spacial score (nSPS) is 21.7. The fraction of sp³-hybridized carbons (Fsp3) is 0.417. The molecule has 2 bridgehead atoms. The van der Waals surface area contributed by atoms with E-state index in [0.717, 1.165) is 43.1 Å². The number of benzene rings is 2. The third-order valence-electron chi connectivity index (χ3n) is 6.27. The number of oxime groups is 1. The molecule has 7 nitrogen and oxygen atoms in total. The van der Waals surface area contributed by atoms with Gasteiger partial charge in [-0.3, -0.25) is 20.0 Å². The molecule has 0 spiro atoms. The van der Waals surface area contributed by atoms with E-state index in [2.05, 4.69) is 27.3 Å². The average molecular weight is 423 g/mol. The maximum absolute atomic E-state index is 12.3. The number of carbonyl (C=O) groups excluding carboxylic acids is 1. The number of fused-ring (bicyclic) bond motifs is 2. The number of rotatable bonds is 7. The lowest BCUT2D eigenvalue weighted by Crippen LogP contribution is -2.52. The highest BCUT2D eigenvalue weighted by Crippen LogP contribution is 2.28. The van der Waals surface area contributed by atoms with E-state index in [4.69, 9.17) is 9.57 Å². The SMILES string of the molecule is COc1ccc(NC(=O)O/N=C(/CCN2CC3CCC(C2)N3C)c2ccccc2)cc1. The van der Waals surface area contributed by atoms with Crippen LogP contribution in [0.4, 0.5) is 10.5 Å². The number of methoxy groups -OCH3 is 1. The molecule has 1 amide bonds. The molecule has 2 aromatic rings. The van der Waals surface area contributed by atoms with Crippen LogP contribution in [-0.4, -0.2) is 67.5 Å². The van der Waals surface area contributed by atoms with E-state index in [1.54, 1.807) is 31.4 Å². The standard InChI is InChI=1S/C24H30N4O3/c1-27-20-10-11-21(27)17-28(16-20)15-14-23(18-6-4-3-5-7-18)26-31-24(29)25-19-8-12-22(30-2)13-9-19/h3-9,12-13,20-21H,10-11,14-17H2,1-2H3,(H,25,29)/b26-23-. The lowest BCUT2D eigenvalue weighted by atomic mass is 10.1. The van der Waals surface area contributed by atoms with Crippen LogP contribution in [-0.2, 0) is 4.84 Å². The molecular weight excluding hydrogens is 392 g/mol. The monoisotopic (exact) mass is 422 g/mol. The number of carbonyl (C=O) groups is 1. The van der Waals surface area contributed by atoms with Gasteiger partial charge in [0.1, 0.15) is 5.75 Å². The summed E-state index contributed by atoms with van der Waals surface area (Å²) in [4.78, 5) is 22.5. The second kappa shape index (κ2) is 9.94. The molecule has 2 saturated heterocycles. The minimum atomic E-state index is -0.615. The van der Waals surface area contributed by atoms with E-state index in [1.807, 2.05) is 30.3 Å². The Kier molecular flexibility index (Phi) is 6.84. The third-order valence-corrected chi connectivity index (χ3v) is 6.27. The zero-order chi connectivity index (χ0) is 21.6. The van der Waals surface area contributed by atoms with E-state index >= 15 is 0 Å². The molecule has 0 aliphatic carbocycles. The molecule has 2 aliphatic heterocycles. The molecule has 31 heavy (non-hydrogen) atoms. The summed E-state index contributed by atoms with van der Waals surface area (Å²) in [6.07, 6.45) is 2.68. The van der Waals surface area contributed by atoms with E-state index in [0.29, 0.717) is 17.8 Å². The number of likely N-dealkylation sites (N-methyl/N-ethyl adjacent to an activating group) is 1. The molecule has 7 heteroatoms. The molecule has 4 rings (SSSR count). The first-order valence-corrected chi connectivity index (χ1v) is 10.8. The van der Waals surface area contributed by atoms with Crippen LogP contribution in [0, 0.1) is 0 Å². The van der Waals surface area contributed by atoms with Crippen molar-refractivity contribution in [1.82, 2.24) is 9.80 Å². The predicted molar refractivity (Wildman–Crippen MR) is 122 cm³/mol. The molecule has 1 N–H and O–H groups in total. The van der Waals surface area contributed by atoms with Crippen molar-refractivity contribution in [3.05, 3.63) is 60.2 Å². The Morgan fingerprint density at radius 3 is 2.39 bits per heavy atom. The van der Waals surface area contributed by atoms with E-state index in [1.165, 1.54) is 12.8 Å². The van der Waals surface area contributed by atoms with Crippen molar-refractivity contribution in [2.75, 3.05) is 39.1 Å². The van der Waals surface area contributed by atoms with E-state index in [-0.39, 0.29) is 0 Å². The van der Waals surface area contributed by atoms with Gasteiger partial charge in [0.15, 0.2) is 0 Å². The van der Waals surface area contributed by atoms with E-state index < -0.39 is 6.09 Å². The molecule has 164 valence electrons. The molecular formula is C24H30N4O3. The van der Waals surface area contributed by atoms with Gasteiger partial charge in [-0.15, -0.1) is 0 Å². The van der Waals surface area contributed by atoms with Crippen molar-refractivity contribution >= 4 is 17.5 Å². The largest absolute Gasteiger partial charge is 0.497 e. The first kappa shape index (κ1) is 21.3. The highest BCUT2D eigenvalue weighted by atomic mass is 16.7. The second-order valence-corrected chi connectivity index (χ2v) is 8.20. The summed E-state index contributed by atoms with van der Waals surface area (Å²) in [5.41, 5.74) is 2.36. The Hall–Kier alpha value is -2.90. The summed E-state index contributed by atoms with van der Waals surface area (Å²) >= 11 is 0. The average Bonchev–Trinajstić information content (AvgIpc) is 3.00. The van der Waals surface area contributed by atoms with Crippen LogP contribution in [0.5, 0.6) is 5.75 Å². The van der Waals surface area contributed by atoms with Crippen LogP contribution in [0.2, 0.25) is 0 Å². The van der Waals surface area contributed by atoms with Gasteiger partial charge in [-0.2, -0.15) is 0 Å². The number of piperazine rings is 1. The minimum absolute atomic E-state index is 0.615. The van der Waals surface area contributed by atoms with Crippen LogP contribution in [0.3, 0.4) is 0 Å². The summed E-state index contributed by atoms with van der Waals surface area (Å²) in [5, 5.41) is 6.91. The summed E-state index contributed by atoms with van der Waals surface area (Å²) in [5.74, 6) is 0.723. The number of ether oxygens (including phenoxy) is 1. The van der Waals surface area contributed by atoms with Crippen LogP contribution in [0.25, 0.3) is 0 Å². The molecule has 2 atom stereocenters. The van der Waals surface area contributed by atoms with Gasteiger partial charge < -0.3 is 4.74 Å². The predicted octanol–water partition coefficient (Wildman–Crippen LogP) is 3.82. The zero-order valence-electron chi connectivity index (χ0n) is 18.2. The number of nitrogens with zero attached hydrogens (tertiary/aromatic N) is 3. The Bertz CT molecular complexity index is 887. The van der Waals surface area contributed by atoms with Crippen molar-refractivity contribution in [1.29, 1.82) is 0 Å². The molecule has 2 aromatic carbocycles. The maximum atomic E-state index is 12.3. The summed E-state index contributed by atoms with van der Waals surface area (Å²) < 4.78 is 5.13. The van der Waals surface area contributed by atoms with Gasteiger partial charge >= 0.3 is 6.09 Å². The lowest BCUT2D eigenvalue weighted by Gasteiger charge is -2.38. The minimum Gasteiger partial charge on any atom is -0.497 e. The van der Waals surface area contributed by atoms with Crippen molar-refractivity contribution in [3.63, 3.8) is 0 Å². The molecule has 0 aromatic heterocycles. The van der Waals surface area contributed by atoms with Crippen LogP contribution >= 0.6 is 0 Å². The van der Waals surface area contributed by atoms with Crippen molar-refractivity contribution in [2.24, 2.45) is 5.16 Å². The fourth-order valence-electron chi connectivity index (χ4n) is 4.43. The number of nitrogens with one attached hydrogen (secondary N) is 1. The summed E-state index contributed by atoms with van der Waals surface area (Å²) in [7, 11) is 3.84. The number of hydrogen-bond donors (Lipinski definition) is 1. The highest BCUT2D eigenvalue weighted by Gasteiger charge is 2.37. The molecule has 2 unspecified atom stereocenters. The Balaban J connectivity index is 1.37. The maximum Gasteiger partial charge on any atom is 0.437 e. The lowest BCUT2D eigenvalue weighted by molar-refractivity contribution is 0.0906. The molecule has 0 saturated carbocycles. The molecule has 2 aliphatic rings. The second-order valence-electron chi connectivity index (χ2n) is 8.20. The number of likely N-dealkylation sites (tertiary alicyclic amines) is 1. The van der Waals surface area contributed by atoms with Crippen LogP contribution in [0.1, 0.15) is 24.8 Å². The first-order valence-electron chi connectivity index (χ1n) is 10.8. The van der Waals surface area contributed by atoms with Gasteiger partial charge in [-0.1, -0.05) is 35.5 Å². The number of hydrogen-bond acceptors (Lipinski definition) is 6. The van der Waals surface area contributed by atoms with Gasteiger partial charge in [0.2, 0.25) is 0 Å². The topological polar surface area (TPSA) is 66.4 Å². The highest BCUT2D eigenvalue weighted by molar-refractivity contribution is 6.00. The van der Waals surface area contributed by atoms with Crippen LogP contribution < -0.4 is 10.1 Å². The fourth-order valence-corrected chi connectivity index (χ4v) is 4.43. The van der Waals surface area contributed by atoms with Gasteiger partial charge in [0, 0.05) is 43.8 Å². The zero-order valence-corrected chi connectivity index (χ0v) is 18.2. The first-order chi connectivity index (χ1) is 15.1. The molecule has 0 radical (unpaired) electrons. The quantitative estimate of drug-likeness (QED) is 0.417. The summed E-state index contributed by atoms with van der Waals surface area (Å²) in [6.45, 7) is 3.08. The Morgan fingerprint density at radius 2 is 1.74 bits per heavy atom. The third kappa shape index (κ3) is 5.42. The van der Waals surface area contributed by atoms with Gasteiger partial charge in [0.05, 0.1) is 12.8 Å². The van der Waals surface area contributed by atoms with Gasteiger partial charge in [-0.05, 0) is 49.7 Å². The molecule has 2 heterocycles. The Labute approximate surface area is 183 Å². The number of amides is 1. The smallest absolute Gasteiger partial charge is 0.437 e. The van der Waals surface area contributed by atoms with Crippen molar-refractivity contribution in [3.8, 4) is 5.75 Å².